The number of amides is 1. The summed E-state index contributed by atoms with van der Waals surface area (Å²) in [5, 5.41) is 0. The summed E-state index contributed by atoms with van der Waals surface area (Å²) >= 11 is 0. The van der Waals surface area contributed by atoms with Crippen molar-refractivity contribution in [2.75, 3.05) is 6.67 Å². The summed E-state index contributed by atoms with van der Waals surface area (Å²) in [7, 11) is 0. The third-order valence-corrected chi connectivity index (χ3v) is 3.49. The van der Waals surface area contributed by atoms with Crippen molar-refractivity contribution in [2.24, 2.45) is 17.6 Å². The van der Waals surface area contributed by atoms with Crippen molar-refractivity contribution in [1.82, 2.24) is 4.90 Å². The molecular weight excluding hydrogens is 212 g/mol. The van der Waals surface area contributed by atoms with Crippen LogP contribution in [0.15, 0.2) is 0 Å². The third kappa shape index (κ3) is 6.06. The maximum atomic E-state index is 12.1. The molecule has 3 heteroatoms. The van der Waals surface area contributed by atoms with Gasteiger partial charge in [0.25, 0.3) is 0 Å². The molecule has 104 valence electrons. The van der Waals surface area contributed by atoms with Gasteiger partial charge in [0.1, 0.15) is 0 Å². The predicted octanol–water partition coefficient (Wildman–Crippen LogP) is 3.24. The Labute approximate surface area is 108 Å². The van der Waals surface area contributed by atoms with Gasteiger partial charge in [0.15, 0.2) is 0 Å². The smallest absolute Gasteiger partial charge is 0.226 e. The van der Waals surface area contributed by atoms with Crippen molar-refractivity contribution in [1.29, 1.82) is 0 Å². The second-order valence-electron chi connectivity index (χ2n) is 4.42. The first-order valence-electron chi connectivity index (χ1n) is 7.00. The van der Waals surface area contributed by atoms with E-state index in [1.165, 1.54) is 0 Å². The van der Waals surface area contributed by atoms with Gasteiger partial charge in [0.05, 0.1) is 6.67 Å². The monoisotopic (exact) mass is 244 g/mol. The molecule has 0 saturated carbocycles. The number of hydrogen-bond donors (Lipinski definition) is 1. The van der Waals surface area contributed by atoms with Crippen molar-refractivity contribution in [3.63, 3.8) is 0 Å². The molecular formula is C14H32N2O. The average molecular weight is 244 g/mol. The fourth-order valence-electron chi connectivity index (χ4n) is 1.57. The first kappa shape index (κ1) is 18.8. The van der Waals surface area contributed by atoms with Crippen molar-refractivity contribution in [3.8, 4) is 0 Å². The van der Waals surface area contributed by atoms with Gasteiger partial charge in [-0.2, -0.15) is 0 Å². The van der Waals surface area contributed by atoms with Gasteiger partial charge in [-0.25, -0.2) is 0 Å². The van der Waals surface area contributed by atoms with Crippen molar-refractivity contribution >= 4 is 5.91 Å². The molecule has 0 aromatic heterocycles. The molecule has 2 N–H and O–H groups in total. The second-order valence-corrected chi connectivity index (χ2v) is 4.42. The maximum absolute atomic E-state index is 12.1. The molecule has 1 amide bonds. The largest absolute Gasteiger partial charge is 0.327 e. The highest BCUT2D eigenvalue weighted by atomic mass is 16.2. The molecule has 0 aliphatic heterocycles. The lowest BCUT2D eigenvalue weighted by molar-refractivity contribution is -0.138. The SMILES string of the molecule is CC.CCC(C)C(C)C(=O)N(CN)C(C)CC. The first-order chi connectivity index (χ1) is 7.99. The van der Waals surface area contributed by atoms with E-state index in [9.17, 15) is 4.79 Å². The van der Waals surface area contributed by atoms with E-state index in [1.807, 2.05) is 27.7 Å². The van der Waals surface area contributed by atoms with E-state index in [0.717, 1.165) is 12.8 Å². The van der Waals surface area contributed by atoms with E-state index in [-0.39, 0.29) is 17.9 Å². The van der Waals surface area contributed by atoms with Crippen LogP contribution in [-0.4, -0.2) is 23.5 Å². The number of nitrogens with zero attached hydrogens (tertiary/aromatic N) is 1. The van der Waals surface area contributed by atoms with Crippen molar-refractivity contribution in [3.05, 3.63) is 0 Å². The first-order valence-corrected chi connectivity index (χ1v) is 7.00. The summed E-state index contributed by atoms with van der Waals surface area (Å²) in [5.74, 6) is 0.698. The summed E-state index contributed by atoms with van der Waals surface area (Å²) in [4.78, 5) is 13.9. The summed E-state index contributed by atoms with van der Waals surface area (Å²) in [5.41, 5.74) is 5.63. The van der Waals surface area contributed by atoms with Gasteiger partial charge in [-0.15, -0.1) is 0 Å². The van der Waals surface area contributed by atoms with Crippen LogP contribution in [-0.2, 0) is 4.79 Å². The topological polar surface area (TPSA) is 46.3 Å². The van der Waals surface area contributed by atoms with Crippen LogP contribution in [0.25, 0.3) is 0 Å². The summed E-state index contributed by atoms with van der Waals surface area (Å²) in [6.45, 7) is 14.7. The highest BCUT2D eigenvalue weighted by Gasteiger charge is 2.25. The molecule has 3 atom stereocenters. The maximum Gasteiger partial charge on any atom is 0.226 e. The lowest BCUT2D eigenvalue weighted by Crippen LogP contribution is -2.45. The van der Waals surface area contributed by atoms with Gasteiger partial charge in [0.2, 0.25) is 5.91 Å². The minimum Gasteiger partial charge on any atom is -0.327 e. The molecule has 0 aliphatic rings. The van der Waals surface area contributed by atoms with E-state index in [0.29, 0.717) is 12.6 Å². The molecule has 0 aliphatic carbocycles. The Morgan fingerprint density at radius 2 is 1.59 bits per heavy atom. The van der Waals surface area contributed by atoms with E-state index >= 15 is 0 Å². The molecule has 0 aromatic carbocycles. The fourth-order valence-corrected chi connectivity index (χ4v) is 1.57. The zero-order chi connectivity index (χ0) is 14.0. The molecule has 0 fully saturated rings. The molecule has 0 bridgehead atoms. The quantitative estimate of drug-likeness (QED) is 0.729. The van der Waals surface area contributed by atoms with Gasteiger partial charge >= 0.3 is 0 Å². The van der Waals surface area contributed by atoms with Crippen LogP contribution in [0.3, 0.4) is 0 Å². The van der Waals surface area contributed by atoms with Gasteiger partial charge in [-0.3, -0.25) is 4.79 Å². The molecule has 0 saturated heterocycles. The summed E-state index contributed by atoms with van der Waals surface area (Å²) in [6, 6.07) is 0.244. The fraction of sp³-hybridized carbons (Fsp3) is 0.929. The zero-order valence-corrected chi connectivity index (χ0v) is 12.8. The van der Waals surface area contributed by atoms with Crippen molar-refractivity contribution in [2.45, 2.75) is 67.3 Å². The van der Waals surface area contributed by atoms with Crippen LogP contribution in [0, 0.1) is 11.8 Å². The number of nitrogens with two attached hydrogens (primary N) is 1. The minimum atomic E-state index is 0.0764. The zero-order valence-electron chi connectivity index (χ0n) is 12.8. The minimum absolute atomic E-state index is 0.0764. The predicted molar refractivity (Wildman–Crippen MR) is 75.6 cm³/mol. The Morgan fingerprint density at radius 3 is 1.88 bits per heavy atom. The number of rotatable bonds is 6. The second kappa shape index (κ2) is 10.6. The number of carbonyl (C=O) groups excluding carboxylic acids is 1. The highest BCUT2D eigenvalue weighted by molar-refractivity contribution is 5.79. The lowest BCUT2D eigenvalue weighted by atomic mass is 9.92. The molecule has 0 spiro atoms. The van der Waals surface area contributed by atoms with E-state index in [2.05, 4.69) is 20.8 Å². The Bertz CT molecular complexity index is 195. The molecule has 0 heterocycles. The van der Waals surface area contributed by atoms with Crippen LogP contribution in [0.4, 0.5) is 0 Å². The van der Waals surface area contributed by atoms with Crippen LogP contribution >= 0.6 is 0 Å². The van der Waals surface area contributed by atoms with Gasteiger partial charge in [-0.05, 0) is 19.3 Å². The average Bonchev–Trinajstić information content (AvgIpc) is 2.39. The van der Waals surface area contributed by atoms with Gasteiger partial charge < -0.3 is 10.6 Å². The number of hydrogen-bond acceptors (Lipinski definition) is 2. The van der Waals surface area contributed by atoms with Crippen LogP contribution in [0.1, 0.15) is 61.3 Å². The Kier molecular flexibility index (Phi) is 11.7. The van der Waals surface area contributed by atoms with Gasteiger partial charge in [-0.1, -0.05) is 48.0 Å². The molecule has 3 nitrogen and oxygen atoms in total. The number of carbonyl (C=O) groups is 1. The standard InChI is InChI=1S/C12H26N2O.C2H6/c1-6-9(3)11(5)12(15)14(8-13)10(4)7-2;1-2/h9-11H,6-8,13H2,1-5H3;1-2H3. The summed E-state index contributed by atoms with van der Waals surface area (Å²) in [6.07, 6.45) is 1.99. The van der Waals surface area contributed by atoms with E-state index in [1.54, 1.807) is 4.90 Å². The van der Waals surface area contributed by atoms with Crippen LogP contribution < -0.4 is 5.73 Å². The Balaban J connectivity index is 0. The molecule has 17 heavy (non-hydrogen) atoms. The van der Waals surface area contributed by atoms with E-state index in [4.69, 9.17) is 5.73 Å². The Hall–Kier alpha value is -0.570. The lowest BCUT2D eigenvalue weighted by Gasteiger charge is -2.31. The van der Waals surface area contributed by atoms with Gasteiger partial charge in [0, 0.05) is 12.0 Å². The molecule has 0 aromatic rings. The molecule has 0 radical (unpaired) electrons. The van der Waals surface area contributed by atoms with E-state index < -0.39 is 0 Å². The van der Waals surface area contributed by atoms with Crippen molar-refractivity contribution < 1.29 is 4.79 Å². The third-order valence-electron chi connectivity index (χ3n) is 3.49. The Morgan fingerprint density at radius 1 is 1.12 bits per heavy atom. The normalized spacial score (nSPS) is 15.3. The van der Waals surface area contributed by atoms with Crippen LogP contribution in [0.5, 0.6) is 0 Å². The van der Waals surface area contributed by atoms with Crippen LogP contribution in [0.2, 0.25) is 0 Å². The highest BCUT2D eigenvalue weighted by Crippen LogP contribution is 2.18. The summed E-state index contributed by atoms with van der Waals surface area (Å²) < 4.78 is 0. The molecule has 3 unspecified atom stereocenters. The molecule has 0 rings (SSSR count).